The molecule has 0 aliphatic heterocycles. The van der Waals surface area contributed by atoms with E-state index in [2.05, 4.69) is 0 Å². The van der Waals surface area contributed by atoms with E-state index in [1.165, 1.54) is 11.8 Å². The molecule has 0 amide bonds. The fourth-order valence-corrected chi connectivity index (χ4v) is 4.47. The van der Waals surface area contributed by atoms with Gasteiger partial charge in [-0.2, -0.15) is 11.8 Å². The summed E-state index contributed by atoms with van der Waals surface area (Å²) in [5, 5.41) is -0.110. The summed E-state index contributed by atoms with van der Waals surface area (Å²) >= 11 is 1.50. The average molecular weight is 310 g/mol. The zero-order chi connectivity index (χ0) is 15.6. The Labute approximate surface area is 131 Å². The van der Waals surface area contributed by atoms with E-state index in [1.54, 1.807) is 0 Å². The highest BCUT2D eigenvalue weighted by atomic mass is 32.2. The van der Waals surface area contributed by atoms with Gasteiger partial charge in [-0.05, 0) is 44.3 Å². The molecule has 2 rings (SSSR count). The standard InChI is InChI=1S/C17H26O3S/c1-10(2)16(19)12-6-4-11(5-7-12)8-13-14(18)9-15(21-3)17(13)20/h10-13,15H,4-9H2,1-3H3. The summed E-state index contributed by atoms with van der Waals surface area (Å²) in [6.07, 6.45) is 6.89. The van der Waals surface area contributed by atoms with E-state index in [0.717, 1.165) is 32.1 Å². The molecule has 2 atom stereocenters. The van der Waals surface area contributed by atoms with Crippen molar-refractivity contribution in [1.82, 2.24) is 0 Å². The Bertz CT molecular complexity index is 422. The van der Waals surface area contributed by atoms with Gasteiger partial charge >= 0.3 is 0 Å². The van der Waals surface area contributed by atoms with Gasteiger partial charge in [0.05, 0.1) is 11.2 Å². The van der Waals surface area contributed by atoms with Crippen molar-refractivity contribution >= 4 is 29.1 Å². The molecule has 0 radical (unpaired) electrons. The van der Waals surface area contributed by atoms with Crippen molar-refractivity contribution in [3.05, 3.63) is 0 Å². The van der Waals surface area contributed by atoms with Crippen LogP contribution in [0.4, 0.5) is 0 Å². The molecule has 0 spiro atoms. The van der Waals surface area contributed by atoms with E-state index in [9.17, 15) is 14.4 Å². The van der Waals surface area contributed by atoms with E-state index >= 15 is 0 Å². The van der Waals surface area contributed by atoms with Crippen LogP contribution in [0, 0.1) is 23.7 Å². The summed E-state index contributed by atoms with van der Waals surface area (Å²) in [6.45, 7) is 3.93. The number of carbonyl (C=O) groups excluding carboxylic acids is 3. The largest absolute Gasteiger partial charge is 0.299 e. The molecule has 0 aromatic carbocycles. The molecule has 0 aromatic rings. The van der Waals surface area contributed by atoms with Gasteiger partial charge in [-0.25, -0.2) is 0 Å². The second-order valence-electron chi connectivity index (χ2n) is 6.86. The molecular formula is C17H26O3S. The van der Waals surface area contributed by atoms with E-state index in [0.29, 0.717) is 18.1 Å². The molecule has 2 fully saturated rings. The second kappa shape index (κ2) is 7.08. The number of ketones is 3. The van der Waals surface area contributed by atoms with Crippen LogP contribution in [0.3, 0.4) is 0 Å². The van der Waals surface area contributed by atoms with Crippen LogP contribution in [-0.2, 0) is 14.4 Å². The summed E-state index contributed by atoms with van der Waals surface area (Å²) in [5.41, 5.74) is 0. The maximum absolute atomic E-state index is 12.2. The van der Waals surface area contributed by atoms with E-state index in [4.69, 9.17) is 0 Å². The van der Waals surface area contributed by atoms with Crippen LogP contribution >= 0.6 is 11.8 Å². The third-order valence-electron chi connectivity index (χ3n) is 5.11. The molecule has 118 valence electrons. The monoisotopic (exact) mass is 310 g/mol. The van der Waals surface area contributed by atoms with Gasteiger partial charge in [0, 0.05) is 18.3 Å². The minimum Gasteiger partial charge on any atom is -0.299 e. The van der Waals surface area contributed by atoms with Crippen LogP contribution in [0.15, 0.2) is 0 Å². The first-order valence-corrected chi connectivity index (χ1v) is 9.35. The molecule has 2 unspecified atom stereocenters. The molecule has 3 nitrogen and oxygen atoms in total. The average Bonchev–Trinajstić information content (AvgIpc) is 2.74. The molecule has 21 heavy (non-hydrogen) atoms. The summed E-state index contributed by atoms with van der Waals surface area (Å²) in [4.78, 5) is 36.2. The lowest BCUT2D eigenvalue weighted by molar-refractivity contribution is -0.129. The Morgan fingerprint density at radius 3 is 2.29 bits per heavy atom. The number of carbonyl (C=O) groups is 3. The molecule has 0 bridgehead atoms. The predicted molar refractivity (Wildman–Crippen MR) is 85.3 cm³/mol. The minimum atomic E-state index is -0.357. The lowest BCUT2D eigenvalue weighted by Gasteiger charge is -2.29. The van der Waals surface area contributed by atoms with E-state index in [-0.39, 0.29) is 34.6 Å². The van der Waals surface area contributed by atoms with Crippen molar-refractivity contribution in [1.29, 1.82) is 0 Å². The van der Waals surface area contributed by atoms with Crippen molar-refractivity contribution in [3.63, 3.8) is 0 Å². The summed E-state index contributed by atoms with van der Waals surface area (Å²) in [6, 6.07) is 0. The van der Waals surface area contributed by atoms with Gasteiger partial charge in [-0.1, -0.05) is 13.8 Å². The van der Waals surface area contributed by atoms with Crippen LogP contribution in [-0.4, -0.2) is 28.9 Å². The first-order chi connectivity index (χ1) is 9.93. The lowest BCUT2D eigenvalue weighted by atomic mass is 9.74. The van der Waals surface area contributed by atoms with Gasteiger partial charge in [-0.15, -0.1) is 0 Å². The lowest BCUT2D eigenvalue weighted by Crippen LogP contribution is -2.28. The van der Waals surface area contributed by atoms with Crippen molar-refractivity contribution in [2.45, 2.75) is 57.6 Å². The van der Waals surface area contributed by atoms with Gasteiger partial charge in [0.1, 0.15) is 11.6 Å². The molecule has 0 aromatic heterocycles. The third-order valence-corrected chi connectivity index (χ3v) is 6.08. The van der Waals surface area contributed by atoms with Gasteiger partial charge in [0.2, 0.25) is 0 Å². The third kappa shape index (κ3) is 3.77. The van der Waals surface area contributed by atoms with Crippen molar-refractivity contribution < 1.29 is 14.4 Å². The Kier molecular flexibility index (Phi) is 5.64. The first kappa shape index (κ1) is 16.7. The molecule has 0 N–H and O–H groups in total. The van der Waals surface area contributed by atoms with Crippen LogP contribution in [0.25, 0.3) is 0 Å². The molecule has 0 heterocycles. The van der Waals surface area contributed by atoms with Crippen molar-refractivity contribution in [2.75, 3.05) is 6.26 Å². The topological polar surface area (TPSA) is 51.2 Å². The fraction of sp³-hybridized carbons (Fsp3) is 0.824. The van der Waals surface area contributed by atoms with Gasteiger partial charge < -0.3 is 0 Å². The number of rotatable bonds is 5. The quantitative estimate of drug-likeness (QED) is 0.731. The zero-order valence-corrected chi connectivity index (χ0v) is 14.1. The molecule has 4 heteroatoms. The molecule has 2 aliphatic rings. The van der Waals surface area contributed by atoms with Gasteiger partial charge in [0.15, 0.2) is 5.78 Å². The molecule has 0 saturated heterocycles. The van der Waals surface area contributed by atoms with Crippen LogP contribution in [0.2, 0.25) is 0 Å². The second-order valence-corrected chi connectivity index (χ2v) is 7.90. The van der Waals surface area contributed by atoms with E-state index < -0.39 is 0 Å². The Balaban J connectivity index is 1.85. The number of hydrogen-bond donors (Lipinski definition) is 0. The number of thioether (sulfide) groups is 1. The van der Waals surface area contributed by atoms with Crippen molar-refractivity contribution in [2.24, 2.45) is 23.7 Å². The SMILES string of the molecule is CSC1CC(=O)C(CC2CCC(C(=O)C(C)C)CC2)C1=O. The number of hydrogen-bond acceptors (Lipinski definition) is 4. The zero-order valence-electron chi connectivity index (χ0n) is 13.3. The van der Waals surface area contributed by atoms with E-state index in [1.807, 2.05) is 20.1 Å². The maximum atomic E-state index is 12.2. The highest BCUT2D eigenvalue weighted by Gasteiger charge is 2.42. The smallest absolute Gasteiger partial charge is 0.156 e. The molecular weight excluding hydrogens is 284 g/mol. The minimum absolute atomic E-state index is 0.110. The highest BCUT2D eigenvalue weighted by Crippen LogP contribution is 2.38. The maximum Gasteiger partial charge on any atom is 0.156 e. The predicted octanol–water partition coefficient (Wildman–Crippen LogP) is 3.30. The summed E-state index contributed by atoms with van der Waals surface area (Å²) in [5.74, 6) is 1.07. The molecule has 2 aliphatic carbocycles. The highest BCUT2D eigenvalue weighted by molar-refractivity contribution is 8.00. The number of Topliss-reactive ketones (excluding diaryl/α,β-unsaturated/α-hetero) is 3. The molecule has 2 saturated carbocycles. The Hall–Kier alpha value is -0.640. The van der Waals surface area contributed by atoms with Crippen LogP contribution in [0.1, 0.15) is 52.4 Å². The van der Waals surface area contributed by atoms with Crippen LogP contribution in [0.5, 0.6) is 0 Å². The summed E-state index contributed by atoms with van der Waals surface area (Å²) < 4.78 is 0. The Morgan fingerprint density at radius 1 is 1.19 bits per heavy atom. The normalized spacial score (nSPS) is 33.7. The van der Waals surface area contributed by atoms with Crippen molar-refractivity contribution in [3.8, 4) is 0 Å². The summed E-state index contributed by atoms with van der Waals surface area (Å²) in [7, 11) is 0. The first-order valence-electron chi connectivity index (χ1n) is 8.07. The van der Waals surface area contributed by atoms with Gasteiger partial charge in [0.25, 0.3) is 0 Å². The fourth-order valence-electron chi connectivity index (χ4n) is 3.74. The van der Waals surface area contributed by atoms with Gasteiger partial charge in [-0.3, -0.25) is 14.4 Å². The van der Waals surface area contributed by atoms with Crippen LogP contribution < -0.4 is 0 Å². The Morgan fingerprint density at radius 2 is 1.81 bits per heavy atom.